The number of ether oxygens (including phenoxy) is 8. The molecule has 0 saturated carbocycles. The first kappa shape index (κ1) is 18.3. The Bertz CT molecular complexity index is 552. The van der Waals surface area contributed by atoms with Crippen LogP contribution in [0.25, 0.3) is 0 Å². The van der Waals surface area contributed by atoms with E-state index in [9.17, 15) is 0 Å². The van der Waals surface area contributed by atoms with Crippen molar-refractivity contribution in [2.75, 3.05) is 40.8 Å². The fraction of sp³-hybridized carbons (Fsp3) is 0.333. The molecule has 0 radical (unpaired) electrons. The van der Waals surface area contributed by atoms with E-state index in [1.807, 2.05) is 24.3 Å². The molecule has 0 atom stereocenters. The SMILES string of the molecule is c1ccc2c(c1)OCOCOCOc1ccccc1OCOCOCO2. The molecule has 3 rings (SSSR count). The Hall–Kier alpha value is -2.52. The first-order valence-electron chi connectivity index (χ1n) is 7.94. The van der Waals surface area contributed by atoms with Crippen molar-refractivity contribution in [3.8, 4) is 23.0 Å². The van der Waals surface area contributed by atoms with Gasteiger partial charge in [-0.2, -0.15) is 0 Å². The van der Waals surface area contributed by atoms with Crippen LogP contribution in [0, 0.1) is 0 Å². The van der Waals surface area contributed by atoms with Gasteiger partial charge in [-0.15, -0.1) is 0 Å². The fourth-order valence-electron chi connectivity index (χ4n) is 2.05. The van der Waals surface area contributed by atoms with Crippen molar-refractivity contribution in [3.05, 3.63) is 48.5 Å². The van der Waals surface area contributed by atoms with Crippen molar-refractivity contribution < 1.29 is 37.9 Å². The molecule has 1 aliphatic heterocycles. The van der Waals surface area contributed by atoms with Crippen LogP contribution in [0.1, 0.15) is 0 Å². The van der Waals surface area contributed by atoms with Crippen LogP contribution in [0.2, 0.25) is 0 Å². The maximum absolute atomic E-state index is 5.51. The van der Waals surface area contributed by atoms with Gasteiger partial charge in [-0.3, -0.25) is 0 Å². The van der Waals surface area contributed by atoms with E-state index in [4.69, 9.17) is 37.9 Å². The summed E-state index contributed by atoms with van der Waals surface area (Å²) in [5.74, 6) is 2.14. The van der Waals surface area contributed by atoms with Crippen LogP contribution in [0.5, 0.6) is 23.0 Å². The lowest BCUT2D eigenvalue weighted by atomic mass is 10.3. The van der Waals surface area contributed by atoms with Crippen molar-refractivity contribution >= 4 is 0 Å². The molecule has 0 amide bonds. The van der Waals surface area contributed by atoms with E-state index >= 15 is 0 Å². The summed E-state index contributed by atoms with van der Waals surface area (Å²) in [5, 5.41) is 0. The van der Waals surface area contributed by atoms with E-state index < -0.39 is 0 Å². The Labute approximate surface area is 151 Å². The molecule has 8 heteroatoms. The second-order valence-electron chi connectivity index (χ2n) is 4.99. The monoisotopic (exact) mass is 364 g/mol. The van der Waals surface area contributed by atoms with E-state index in [1.165, 1.54) is 0 Å². The van der Waals surface area contributed by atoms with Gasteiger partial charge in [0.25, 0.3) is 0 Å². The summed E-state index contributed by atoms with van der Waals surface area (Å²) in [6, 6.07) is 14.4. The minimum atomic E-state index is 0.00401. The van der Waals surface area contributed by atoms with Crippen molar-refractivity contribution in [1.29, 1.82) is 0 Å². The molecular formula is C18H20O8. The van der Waals surface area contributed by atoms with Crippen LogP contribution in [0.15, 0.2) is 48.5 Å². The third-order valence-corrected chi connectivity index (χ3v) is 3.22. The molecule has 0 fully saturated rings. The molecule has 140 valence electrons. The summed E-state index contributed by atoms with van der Waals surface area (Å²) >= 11 is 0. The van der Waals surface area contributed by atoms with Gasteiger partial charge in [0.2, 0.25) is 0 Å². The standard InChI is InChI=1S/C18H20O8/c1-2-6-16-15(5-1)23-11-19-9-21-13-25-17-7-3-4-8-18(17)26-14-22-10-20-12-24-16/h1-8H,9-14H2. The second kappa shape index (κ2) is 10.5. The lowest BCUT2D eigenvalue weighted by Crippen LogP contribution is -2.13. The number of hydrogen-bond acceptors (Lipinski definition) is 8. The van der Waals surface area contributed by atoms with Crippen LogP contribution >= 0.6 is 0 Å². The van der Waals surface area contributed by atoms with Crippen LogP contribution < -0.4 is 18.9 Å². The lowest BCUT2D eigenvalue weighted by molar-refractivity contribution is -0.139. The summed E-state index contributed by atoms with van der Waals surface area (Å²) in [4.78, 5) is 0. The topological polar surface area (TPSA) is 73.8 Å². The number of para-hydroxylation sites is 4. The van der Waals surface area contributed by atoms with Crippen molar-refractivity contribution in [2.24, 2.45) is 0 Å². The van der Waals surface area contributed by atoms with Gasteiger partial charge in [-0.25, -0.2) is 0 Å². The largest absolute Gasteiger partial charge is 0.464 e. The summed E-state index contributed by atoms with van der Waals surface area (Å²) in [5.41, 5.74) is 0. The Morgan fingerprint density at radius 2 is 0.654 bits per heavy atom. The highest BCUT2D eigenvalue weighted by Crippen LogP contribution is 2.27. The molecule has 26 heavy (non-hydrogen) atoms. The second-order valence-corrected chi connectivity index (χ2v) is 4.99. The fourth-order valence-corrected chi connectivity index (χ4v) is 2.05. The third kappa shape index (κ3) is 5.78. The summed E-state index contributed by atoms with van der Waals surface area (Å²) < 4.78 is 43.1. The van der Waals surface area contributed by atoms with E-state index in [0.29, 0.717) is 23.0 Å². The van der Waals surface area contributed by atoms with Gasteiger partial charge in [0.15, 0.2) is 63.8 Å². The third-order valence-electron chi connectivity index (χ3n) is 3.22. The maximum atomic E-state index is 5.51. The molecule has 2 aromatic carbocycles. The predicted molar refractivity (Wildman–Crippen MR) is 88.9 cm³/mol. The van der Waals surface area contributed by atoms with E-state index in [1.54, 1.807) is 24.3 Å². The van der Waals surface area contributed by atoms with E-state index in [-0.39, 0.29) is 40.8 Å². The van der Waals surface area contributed by atoms with Gasteiger partial charge in [-0.1, -0.05) is 24.3 Å². The average Bonchev–Trinajstić information content (AvgIpc) is 2.68. The highest BCUT2D eigenvalue weighted by molar-refractivity contribution is 5.39. The Morgan fingerprint density at radius 3 is 0.923 bits per heavy atom. The van der Waals surface area contributed by atoms with Crippen molar-refractivity contribution in [2.45, 2.75) is 0 Å². The molecule has 0 saturated heterocycles. The molecule has 1 aliphatic rings. The maximum Gasteiger partial charge on any atom is 0.191 e. The smallest absolute Gasteiger partial charge is 0.191 e. The van der Waals surface area contributed by atoms with E-state index in [0.717, 1.165) is 0 Å². The molecule has 1 heterocycles. The van der Waals surface area contributed by atoms with Gasteiger partial charge in [-0.05, 0) is 24.3 Å². The van der Waals surface area contributed by atoms with Crippen LogP contribution in [0.4, 0.5) is 0 Å². The highest BCUT2D eigenvalue weighted by atomic mass is 16.8. The molecular weight excluding hydrogens is 344 g/mol. The Balaban J connectivity index is 1.56. The number of benzene rings is 2. The quantitative estimate of drug-likeness (QED) is 0.707. The predicted octanol–water partition coefficient (Wildman–Crippen LogP) is 2.73. The zero-order valence-corrected chi connectivity index (χ0v) is 14.1. The van der Waals surface area contributed by atoms with Gasteiger partial charge in [0, 0.05) is 0 Å². The minimum absolute atomic E-state index is 0.00401. The molecule has 0 spiro atoms. The van der Waals surface area contributed by atoms with Gasteiger partial charge < -0.3 is 37.9 Å². The van der Waals surface area contributed by atoms with Crippen LogP contribution in [-0.2, 0) is 18.9 Å². The van der Waals surface area contributed by atoms with E-state index in [2.05, 4.69) is 0 Å². The molecule has 0 unspecified atom stereocenters. The first-order valence-corrected chi connectivity index (χ1v) is 7.94. The number of rotatable bonds is 0. The summed E-state index contributed by atoms with van der Waals surface area (Å²) in [6.07, 6.45) is 0. The zero-order valence-electron chi connectivity index (χ0n) is 14.1. The summed E-state index contributed by atoms with van der Waals surface area (Å²) in [7, 11) is 0. The molecule has 2 aromatic rings. The molecule has 0 aromatic heterocycles. The lowest BCUT2D eigenvalue weighted by Gasteiger charge is -2.15. The van der Waals surface area contributed by atoms with Crippen molar-refractivity contribution in [1.82, 2.24) is 0 Å². The van der Waals surface area contributed by atoms with Gasteiger partial charge >= 0.3 is 0 Å². The molecule has 8 nitrogen and oxygen atoms in total. The van der Waals surface area contributed by atoms with Crippen LogP contribution in [0.3, 0.4) is 0 Å². The molecule has 0 aliphatic carbocycles. The summed E-state index contributed by atoms with van der Waals surface area (Å²) in [6.45, 7) is 0.0404. The molecule has 0 bridgehead atoms. The van der Waals surface area contributed by atoms with Gasteiger partial charge in [0.05, 0.1) is 0 Å². The average molecular weight is 364 g/mol. The minimum Gasteiger partial charge on any atom is -0.464 e. The highest BCUT2D eigenvalue weighted by Gasteiger charge is 2.06. The van der Waals surface area contributed by atoms with Crippen LogP contribution in [-0.4, -0.2) is 40.8 Å². The normalized spacial score (nSPS) is 16.9. The first-order chi connectivity index (χ1) is 12.9. The Morgan fingerprint density at radius 1 is 0.385 bits per heavy atom. The van der Waals surface area contributed by atoms with Gasteiger partial charge in [0.1, 0.15) is 0 Å². The van der Waals surface area contributed by atoms with Crippen molar-refractivity contribution in [3.63, 3.8) is 0 Å². The molecule has 0 N–H and O–H groups in total. The number of fused-ring (bicyclic) bond motifs is 2. The Kier molecular flexibility index (Phi) is 7.36. The number of hydrogen-bond donors (Lipinski definition) is 0. The zero-order chi connectivity index (χ0) is 17.9.